The van der Waals surface area contributed by atoms with E-state index in [9.17, 15) is 8.42 Å². The fourth-order valence-electron chi connectivity index (χ4n) is 2.31. The molecular weight excluding hydrogens is 420 g/mol. The van der Waals surface area contributed by atoms with Gasteiger partial charge in [0.15, 0.2) is 0 Å². The summed E-state index contributed by atoms with van der Waals surface area (Å²) in [6.45, 7) is 2.47. The average molecular weight is 437 g/mol. The van der Waals surface area contributed by atoms with Gasteiger partial charge in [0.1, 0.15) is 23.8 Å². The van der Waals surface area contributed by atoms with Crippen molar-refractivity contribution in [3.8, 4) is 5.82 Å². The van der Waals surface area contributed by atoms with Crippen LogP contribution in [0.25, 0.3) is 5.82 Å². The monoisotopic (exact) mass is 436 g/mol. The number of halogens is 1. The molecule has 0 aliphatic heterocycles. The predicted octanol–water partition coefficient (Wildman–Crippen LogP) is 2.12. The number of aryl methyl sites for hydroxylation is 1. The van der Waals surface area contributed by atoms with Crippen LogP contribution in [-0.2, 0) is 10.0 Å². The van der Waals surface area contributed by atoms with Crippen LogP contribution in [0.15, 0.2) is 58.4 Å². The van der Waals surface area contributed by atoms with Crippen LogP contribution >= 0.6 is 15.9 Å². The minimum atomic E-state index is -3.58. The highest BCUT2D eigenvalue weighted by Crippen LogP contribution is 2.20. The molecule has 0 saturated carbocycles. The van der Waals surface area contributed by atoms with E-state index in [0.29, 0.717) is 22.7 Å². The summed E-state index contributed by atoms with van der Waals surface area (Å²) >= 11 is 3.25. The van der Waals surface area contributed by atoms with E-state index in [-0.39, 0.29) is 11.4 Å². The molecule has 1 aromatic carbocycles. The molecule has 10 heteroatoms. The fraction of sp³-hybridized carbons (Fsp3) is 0.188. The van der Waals surface area contributed by atoms with Gasteiger partial charge in [0, 0.05) is 36.0 Å². The van der Waals surface area contributed by atoms with Gasteiger partial charge in [-0.05, 0) is 35.0 Å². The molecule has 0 amide bonds. The van der Waals surface area contributed by atoms with E-state index >= 15 is 0 Å². The Morgan fingerprint density at radius 2 is 1.96 bits per heavy atom. The summed E-state index contributed by atoms with van der Waals surface area (Å²) in [5, 5.41) is 3.08. The van der Waals surface area contributed by atoms with Crippen molar-refractivity contribution < 1.29 is 8.42 Å². The normalized spacial score (nSPS) is 11.5. The highest BCUT2D eigenvalue weighted by molar-refractivity contribution is 9.10. The molecule has 3 rings (SSSR count). The van der Waals surface area contributed by atoms with Crippen molar-refractivity contribution in [1.29, 1.82) is 0 Å². The number of nitrogens with zero attached hydrogens (tertiary/aromatic N) is 4. The number of anilines is 1. The number of aromatic nitrogens is 4. The first-order valence-electron chi connectivity index (χ1n) is 7.78. The minimum absolute atomic E-state index is 0.208. The zero-order chi connectivity index (χ0) is 18.6. The van der Waals surface area contributed by atoms with Crippen LogP contribution in [0, 0.1) is 6.92 Å². The van der Waals surface area contributed by atoms with Gasteiger partial charge in [-0.2, -0.15) is 0 Å². The van der Waals surface area contributed by atoms with Crippen molar-refractivity contribution in [1.82, 2.24) is 24.2 Å². The maximum Gasteiger partial charge on any atom is 0.241 e. The number of benzene rings is 1. The molecule has 2 N–H and O–H groups in total. The van der Waals surface area contributed by atoms with Crippen LogP contribution in [0.3, 0.4) is 0 Å². The summed E-state index contributed by atoms with van der Waals surface area (Å²) in [5.41, 5.74) is 0. The van der Waals surface area contributed by atoms with Crippen LogP contribution in [0.1, 0.15) is 5.82 Å². The van der Waals surface area contributed by atoms with Crippen molar-refractivity contribution in [2.24, 2.45) is 0 Å². The van der Waals surface area contributed by atoms with E-state index in [1.165, 1.54) is 6.33 Å². The van der Waals surface area contributed by atoms with Gasteiger partial charge in [0.05, 0.1) is 4.90 Å². The second-order valence-corrected chi connectivity index (χ2v) is 7.95. The molecule has 0 aliphatic rings. The molecule has 0 fully saturated rings. The number of hydrogen-bond acceptors (Lipinski definition) is 6. The number of rotatable bonds is 7. The maximum atomic E-state index is 12.3. The van der Waals surface area contributed by atoms with Crippen molar-refractivity contribution in [3.05, 3.63) is 59.3 Å². The van der Waals surface area contributed by atoms with Crippen molar-refractivity contribution >= 4 is 31.8 Å². The SMILES string of the molecule is Cc1nccn1-c1cc(NCCNS(=O)(=O)c2ccccc2Br)ncn1. The number of hydrogen-bond donors (Lipinski definition) is 2. The first-order chi connectivity index (χ1) is 12.5. The van der Waals surface area contributed by atoms with Crippen molar-refractivity contribution in [3.63, 3.8) is 0 Å². The Hall–Kier alpha value is -2.30. The maximum absolute atomic E-state index is 12.3. The predicted molar refractivity (Wildman–Crippen MR) is 102 cm³/mol. The Labute approximate surface area is 159 Å². The van der Waals surface area contributed by atoms with Crippen LogP contribution < -0.4 is 10.0 Å². The van der Waals surface area contributed by atoms with Crippen molar-refractivity contribution in [2.75, 3.05) is 18.4 Å². The van der Waals surface area contributed by atoms with E-state index in [1.807, 2.05) is 17.7 Å². The van der Waals surface area contributed by atoms with Gasteiger partial charge in [-0.25, -0.2) is 28.1 Å². The van der Waals surface area contributed by atoms with Gasteiger partial charge in [-0.3, -0.25) is 4.57 Å². The Bertz CT molecular complexity index is 1010. The smallest absolute Gasteiger partial charge is 0.241 e. The largest absolute Gasteiger partial charge is 0.369 e. The molecule has 0 unspecified atom stereocenters. The second-order valence-electron chi connectivity index (χ2n) is 5.36. The average Bonchev–Trinajstić information content (AvgIpc) is 3.05. The molecule has 8 nitrogen and oxygen atoms in total. The van der Waals surface area contributed by atoms with Crippen LogP contribution in [0.2, 0.25) is 0 Å². The summed E-state index contributed by atoms with van der Waals surface area (Å²) in [6.07, 6.45) is 4.96. The third kappa shape index (κ3) is 4.26. The van der Waals surface area contributed by atoms with Gasteiger partial charge in [-0.1, -0.05) is 12.1 Å². The Balaban J connectivity index is 1.59. The number of sulfonamides is 1. The molecule has 136 valence electrons. The number of nitrogens with one attached hydrogen (secondary N) is 2. The number of imidazole rings is 1. The van der Waals surface area contributed by atoms with E-state index in [4.69, 9.17) is 0 Å². The zero-order valence-corrected chi connectivity index (χ0v) is 16.3. The quantitative estimate of drug-likeness (QED) is 0.550. The zero-order valence-electron chi connectivity index (χ0n) is 13.9. The van der Waals surface area contributed by atoms with Crippen LogP contribution in [0.4, 0.5) is 5.82 Å². The second kappa shape index (κ2) is 7.94. The van der Waals surface area contributed by atoms with E-state index in [0.717, 1.165) is 5.82 Å². The van der Waals surface area contributed by atoms with E-state index in [1.54, 1.807) is 36.5 Å². The molecule has 0 saturated heterocycles. The lowest BCUT2D eigenvalue weighted by Gasteiger charge is -2.10. The Kier molecular flexibility index (Phi) is 5.64. The highest BCUT2D eigenvalue weighted by atomic mass is 79.9. The Morgan fingerprint density at radius 3 is 2.69 bits per heavy atom. The molecule has 2 heterocycles. The van der Waals surface area contributed by atoms with Crippen molar-refractivity contribution in [2.45, 2.75) is 11.8 Å². The van der Waals surface area contributed by atoms with Gasteiger partial charge >= 0.3 is 0 Å². The molecule has 0 radical (unpaired) electrons. The topological polar surface area (TPSA) is 102 Å². The summed E-state index contributed by atoms with van der Waals surface area (Å²) in [4.78, 5) is 12.7. The molecule has 3 aromatic rings. The molecule has 2 aromatic heterocycles. The summed E-state index contributed by atoms with van der Waals surface area (Å²) in [5.74, 6) is 2.10. The Morgan fingerprint density at radius 1 is 1.15 bits per heavy atom. The minimum Gasteiger partial charge on any atom is -0.369 e. The van der Waals surface area contributed by atoms with E-state index in [2.05, 4.69) is 40.9 Å². The molecule has 0 atom stereocenters. The molecule has 0 spiro atoms. The highest BCUT2D eigenvalue weighted by Gasteiger charge is 2.16. The van der Waals surface area contributed by atoms with Gasteiger partial charge in [0.25, 0.3) is 0 Å². The first kappa shape index (κ1) is 18.5. The van der Waals surface area contributed by atoms with Crippen LogP contribution in [0.5, 0.6) is 0 Å². The standard InChI is InChI=1S/C16H17BrN6O2S/c1-12-18-8-9-23(12)16-10-15(20-11-21-16)19-6-7-22-26(24,25)14-5-3-2-4-13(14)17/h2-5,8-11,22H,6-7H2,1H3,(H,19,20,21). The molecule has 26 heavy (non-hydrogen) atoms. The van der Waals surface area contributed by atoms with Gasteiger partial charge in [0.2, 0.25) is 10.0 Å². The molecule has 0 aliphatic carbocycles. The summed E-state index contributed by atoms with van der Waals surface area (Å²) < 4.78 is 29.5. The summed E-state index contributed by atoms with van der Waals surface area (Å²) in [7, 11) is -3.58. The van der Waals surface area contributed by atoms with Gasteiger partial charge in [-0.15, -0.1) is 0 Å². The van der Waals surface area contributed by atoms with Crippen LogP contribution in [-0.4, -0.2) is 41.0 Å². The summed E-state index contributed by atoms with van der Waals surface area (Å²) in [6, 6.07) is 8.45. The lowest BCUT2D eigenvalue weighted by molar-refractivity contribution is 0.582. The van der Waals surface area contributed by atoms with Gasteiger partial charge < -0.3 is 5.32 Å². The first-order valence-corrected chi connectivity index (χ1v) is 10.1. The lowest BCUT2D eigenvalue weighted by atomic mass is 10.4. The lowest BCUT2D eigenvalue weighted by Crippen LogP contribution is -2.29. The molecular formula is C16H17BrN6O2S. The fourth-order valence-corrected chi connectivity index (χ4v) is 4.34. The third-order valence-corrected chi connectivity index (χ3v) is 6.05. The van der Waals surface area contributed by atoms with E-state index < -0.39 is 10.0 Å². The third-order valence-electron chi connectivity index (χ3n) is 3.57. The molecule has 0 bridgehead atoms.